The summed E-state index contributed by atoms with van der Waals surface area (Å²) in [6.45, 7) is 6.62. The highest BCUT2D eigenvalue weighted by molar-refractivity contribution is 4.92. The predicted molar refractivity (Wildman–Crippen MR) is 73.8 cm³/mol. The van der Waals surface area contributed by atoms with E-state index in [2.05, 4.69) is 17.1 Å². The van der Waals surface area contributed by atoms with Crippen molar-refractivity contribution < 1.29 is 4.74 Å². The molecule has 3 rings (SSSR count). The summed E-state index contributed by atoms with van der Waals surface area (Å²) in [5.41, 5.74) is 0. The van der Waals surface area contributed by atoms with E-state index in [4.69, 9.17) is 4.74 Å². The zero-order valence-corrected chi connectivity index (χ0v) is 11.7. The molecule has 3 heteroatoms. The zero-order chi connectivity index (χ0) is 12.4. The van der Waals surface area contributed by atoms with Crippen molar-refractivity contribution in [2.24, 2.45) is 5.92 Å². The molecule has 4 unspecified atom stereocenters. The van der Waals surface area contributed by atoms with Crippen molar-refractivity contribution in [3.8, 4) is 0 Å². The monoisotopic (exact) mass is 252 g/mol. The minimum atomic E-state index is 0.402. The number of fused-ring (bicyclic) bond motifs is 1. The molecule has 18 heavy (non-hydrogen) atoms. The van der Waals surface area contributed by atoms with Crippen LogP contribution in [0.4, 0.5) is 0 Å². The van der Waals surface area contributed by atoms with Crippen molar-refractivity contribution in [3.05, 3.63) is 0 Å². The molecule has 0 aromatic carbocycles. The molecule has 0 aromatic heterocycles. The molecule has 3 nitrogen and oxygen atoms in total. The molecule has 0 amide bonds. The van der Waals surface area contributed by atoms with Gasteiger partial charge in [0.25, 0.3) is 0 Å². The van der Waals surface area contributed by atoms with Crippen LogP contribution in [0.15, 0.2) is 0 Å². The molecule has 1 saturated carbocycles. The normalized spacial score (nSPS) is 40.2. The van der Waals surface area contributed by atoms with E-state index in [1.165, 1.54) is 45.1 Å². The first kappa shape index (κ1) is 12.9. The van der Waals surface area contributed by atoms with Crippen molar-refractivity contribution >= 4 is 0 Å². The van der Waals surface area contributed by atoms with Crippen molar-refractivity contribution in [1.82, 2.24) is 10.2 Å². The van der Waals surface area contributed by atoms with Crippen LogP contribution in [0.25, 0.3) is 0 Å². The molecule has 2 aliphatic heterocycles. The Bertz CT molecular complexity index is 263. The van der Waals surface area contributed by atoms with E-state index in [1.54, 1.807) is 0 Å². The molecule has 104 valence electrons. The molecular formula is C15H28N2O. The Morgan fingerprint density at radius 1 is 1.17 bits per heavy atom. The van der Waals surface area contributed by atoms with Crippen LogP contribution in [0.1, 0.15) is 45.4 Å². The lowest BCUT2D eigenvalue weighted by molar-refractivity contribution is -0.0615. The van der Waals surface area contributed by atoms with Gasteiger partial charge in [-0.25, -0.2) is 0 Å². The minimum absolute atomic E-state index is 0.402. The van der Waals surface area contributed by atoms with Crippen LogP contribution in [-0.4, -0.2) is 49.3 Å². The van der Waals surface area contributed by atoms with Crippen molar-refractivity contribution in [1.29, 1.82) is 0 Å². The highest BCUT2D eigenvalue weighted by Gasteiger charge is 2.38. The Labute approximate surface area is 111 Å². The maximum absolute atomic E-state index is 5.97. The van der Waals surface area contributed by atoms with Gasteiger partial charge in [0.05, 0.1) is 12.7 Å². The number of hydrogen-bond acceptors (Lipinski definition) is 3. The summed E-state index contributed by atoms with van der Waals surface area (Å²) in [5.74, 6) is 0.978. The van der Waals surface area contributed by atoms with E-state index in [-0.39, 0.29) is 0 Å². The number of nitrogens with zero attached hydrogens (tertiary/aromatic N) is 1. The lowest BCUT2D eigenvalue weighted by Gasteiger charge is -2.49. The van der Waals surface area contributed by atoms with Gasteiger partial charge in [-0.2, -0.15) is 0 Å². The number of likely N-dealkylation sites (tertiary alicyclic amines) is 1. The molecule has 1 aliphatic carbocycles. The van der Waals surface area contributed by atoms with Crippen LogP contribution in [-0.2, 0) is 4.74 Å². The number of morpholine rings is 1. The maximum Gasteiger partial charge on any atom is 0.0852 e. The number of nitrogens with one attached hydrogen (secondary N) is 1. The Hall–Kier alpha value is -0.120. The zero-order valence-electron chi connectivity index (χ0n) is 11.7. The number of ether oxygens (including phenoxy) is 1. The van der Waals surface area contributed by atoms with Crippen LogP contribution in [0.5, 0.6) is 0 Å². The third kappa shape index (κ3) is 2.59. The molecule has 3 fully saturated rings. The van der Waals surface area contributed by atoms with E-state index >= 15 is 0 Å². The average molecular weight is 252 g/mol. The molecule has 0 spiro atoms. The topological polar surface area (TPSA) is 24.5 Å². The fraction of sp³-hybridized carbons (Fsp3) is 1.00. The second kappa shape index (κ2) is 5.89. The number of hydrogen-bond donors (Lipinski definition) is 1. The van der Waals surface area contributed by atoms with E-state index in [9.17, 15) is 0 Å². The van der Waals surface area contributed by atoms with Gasteiger partial charge >= 0.3 is 0 Å². The number of piperidine rings is 1. The standard InChI is InChI=1S/C15H28N2O/c1-12(15-11-16-8-10-18-15)17-9-4-6-13-5-2-3-7-14(13)17/h12-16H,2-11H2,1H3. The lowest BCUT2D eigenvalue weighted by atomic mass is 9.77. The average Bonchev–Trinajstić information content (AvgIpc) is 2.47. The summed E-state index contributed by atoms with van der Waals surface area (Å²) in [4.78, 5) is 2.78. The largest absolute Gasteiger partial charge is 0.374 e. The molecule has 2 saturated heterocycles. The van der Waals surface area contributed by atoms with Gasteiger partial charge in [-0.1, -0.05) is 12.8 Å². The maximum atomic E-state index is 5.97. The van der Waals surface area contributed by atoms with Gasteiger partial charge in [0.2, 0.25) is 0 Å². The van der Waals surface area contributed by atoms with Gasteiger partial charge in [0.15, 0.2) is 0 Å². The van der Waals surface area contributed by atoms with E-state index < -0.39 is 0 Å². The van der Waals surface area contributed by atoms with Crippen LogP contribution in [0, 0.1) is 5.92 Å². The van der Waals surface area contributed by atoms with Crippen LogP contribution >= 0.6 is 0 Å². The van der Waals surface area contributed by atoms with Crippen molar-refractivity contribution in [2.45, 2.75) is 63.6 Å². The fourth-order valence-electron chi connectivity index (χ4n) is 4.28. The van der Waals surface area contributed by atoms with Gasteiger partial charge in [-0.3, -0.25) is 4.90 Å². The van der Waals surface area contributed by atoms with Gasteiger partial charge < -0.3 is 10.1 Å². The van der Waals surface area contributed by atoms with Gasteiger partial charge in [0, 0.05) is 25.2 Å². The molecule has 0 aromatic rings. The predicted octanol–water partition coefficient (Wildman–Crippen LogP) is 2.02. The Balaban J connectivity index is 1.65. The molecule has 0 bridgehead atoms. The summed E-state index contributed by atoms with van der Waals surface area (Å²) in [5, 5.41) is 3.48. The smallest absolute Gasteiger partial charge is 0.0852 e. The summed E-state index contributed by atoms with van der Waals surface area (Å²) in [6.07, 6.45) is 9.06. The van der Waals surface area contributed by atoms with Crippen LogP contribution < -0.4 is 5.32 Å². The molecule has 0 radical (unpaired) electrons. The molecular weight excluding hydrogens is 224 g/mol. The van der Waals surface area contributed by atoms with Crippen molar-refractivity contribution in [3.63, 3.8) is 0 Å². The van der Waals surface area contributed by atoms with E-state index in [0.717, 1.165) is 31.7 Å². The third-order valence-corrected chi connectivity index (χ3v) is 5.30. The Morgan fingerprint density at radius 2 is 2.00 bits per heavy atom. The first-order valence-corrected chi connectivity index (χ1v) is 7.94. The minimum Gasteiger partial charge on any atom is -0.374 e. The van der Waals surface area contributed by atoms with Gasteiger partial charge in [0.1, 0.15) is 0 Å². The van der Waals surface area contributed by atoms with Gasteiger partial charge in [-0.15, -0.1) is 0 Å². The summed E-state index contributed by atoms with van der Waals surface area (Å²) in [6, 6.07) is 1.44. The summed E-state index contributed by atoms with van der Waals surface area (Å²) in [7, 11) is 0. The molecule has 3 aliphatic rings. The second-order valence-electron chi connectivity index (χ2n) is 6.35. The summed E-state index contributed by atoms with van der Waals surface area (Å²) < 4.78 is 5.97. The second-order valence-corrected chi connectivity index (χ2v) is 6.35. The van der Waals surface area contributed by atoms with Gasteiger partial charge in [-0.05, 0) is 45.1 Å². The third-order valence-electron chi connectivity index (χ3n) is 5.30. The van der Waals surface area contributed by atoms with Crippen molar-refractivity contribution in [2.75, 3.05) is 26.2 Å². The fourth-order valence-corrected chi connectivity index (χ4v) is 4.28. The summed E-state index contributed by atoms with van der Waals surface area (Å²) >= 11 is 0. The molecule has 4 atom stereocenters. The van der Waals surface area contributed by atoms with Crippen LogP contribution in [0.2, 0.25) is 0 Å². The molecule has 1 N–H and O–H groups in total. The SMILES string of the molecule is CC(C1CNCCO1)N1CCCC2CCCCC21. The first-order chi connectivity index (χ1) is 8.86. The highest BCUT2D eigenvalue weighted by atomic mass is 16.5. The lowest BCUT2D eigenvalue weighted by Crippen LogP contribution is -2.57. The van der Waals surface area contributed by atoms with E-state index in [1.807, 2.05) is 0 Å². The van der Waals surface area contributed by atoms with E-state index in [0.29, 0.717) is 12.1 Å². The molecule has 2 heterocycles. The number of rotatable bonds is 2. The first-order valence-electron chi connectivity index (χ1n) is 7.94. The Morgan fingerprint density at radius 3 is 2.83 bits per heavy atom. The highest BCUT2D eigenvalue weighted by Crippen LogP contribution is 2.36. The van der Waals surface area contributed by atoms with Crippen LogP contribution in [0.3, 0.4) is 0 Å². The quantitative estimate of drug-likeness (QED) is 0.814. The Kier molecular flexibility index (Phi) is 4.22.